The minimum absolute atomic E-state index is 0.243. The number of allylic oxidation sites excluding steroid dienone is 3. The molecule has 2 nitrogen and oxygen atoms in total. The molecule has 2 heteroatoms. The van der Waals surface area contributed by atoms with Gasteiger partial charge in [-0.3, -0.25) is 4.79 Å². The summed E-state index contributed by atoms with van der Waals surface area (Å²) < 4.78 is 0. The van der Waals surface area contributed by atoms with Crippen LogP contribution in [0.25, 0.3) is 0 Å². The fraction of sp³-hybridized carbons (Fsp3) is 0.833. The lowest BCUT2D eigenvalue weighted by Gasteiger charge is -2.71. The molecule has 0 saturated heterocycles. The molecule has 0 heterocycles. The van der Waals surface area contributed by atoms with Crippen molar-refractivity contribution in [1.82, 2.24) is 0 Å². The second-order valence-electron chi connectivity index (χ2n) is 14.2. The average Bonchev–Trinajstić information content (AvgIpc) is 2.96. The van der Waals surface area contributed by atoms with Crippen LogP contribution in [0.1, 0.15) is 107 Å². The van der Waals surface area contributed by atoms with Gasteiger partial charge in [0, 0.05) is 12.0 Å². The highest BCUT2D eigenvalue weighted by Crippen LogP contribution is 2.75. The van der Waals surface area contributed by atoms with E-state index in [-0.39, 0.29) is 16.9 Å². The number of fused-ring (bicyclic) bond motifs is 7. The molecule has 32 heavy (non-hydrogen) atoms. The molecular weight excluding hydrogens is 390 g/mol. The van der Waals surface area contributed by atoms with Crippen molar-refractivity contribution in [3.8, 4) is 0 Å². The summed E-state index contributed by atoms with van der Waals surface area (Å²) >= 11 is 0. The second-order valence-corrected chi connectivity index (χ2v) is 14.2. The van der Waals surface area contributed by atoms with Gasteiger partial charge in [0.1, 0.15) is 0 Å². The van der Waals surface area contributed by atoms with E-state index in [1.165, 1.54) is 44.1 Å². The predicted octanol–water partition coefficient (Wildman–Crippen LogP) is 7.23. The van der Waals surface area contributed by atoms with Crippen LogP contribution in [0.4, 0.5) is 0 Å². The molecule has 2 N–H and O–H groups in total. The summed E-state index contributed by atoms with van der Waals surface area (Å²) in [7, 11) is 0. The number of hydrogen-bond donors (Lipinski definition) is 1. The first-order valence-electron chi connectivity index (χ1n) is 13.5. The molecule has 5 aliphatic rings. The van der Waals surface area contributed by atoms with Gasteiger partial charge < -0.3 is 5.73 Å². The Morgan fingerprint density at radius 3 is 2.28 bits per heavy atom. The Labute approximate surface area is 196 Å². The van der Waals surface area contributed by atoms with Crippen molar-refractivity contribution in [2.45, 2.75) is 112 Å². The first-order valence-corrected chi connectivity index (χ1v) is 13.5. The number of ketones is 1. The van der Waals surface area contributed by atoms with E-state index >= 15 is 0 Å². The number of hydrogen-bond acceptors (Lipinski definition) is 2. The van der Waals surface area contributed by atoms with E-state index in [0.29, 0.717) is 34.4 Å². The minimum Gasteiger partial charge on any atom is -0.321 e. The zero-order valence-corrected chi connectivity index (χ0v) is 22.0. The van der Waals surface area contributed by atoms with E-state index in [1.54, 1.807) is 5.57 Å². The third-order valence-corrected chi connectivity index (χ3v) is 12.5. The maximum Gasteiger partial charge on any atom is 0.161 e. The van der Waals surface area contributed by atoms with Crippen LogP contribution in [-0.2, 0) is 4.79 Å². The predicted molar refractivity (Wildman–Crippen MR) is 133 cm³/mol. The van der Waals surface area contributed by atoms with Crippen molar-refractivity contribution in [3.63, 3.8) is 0 Å². The molecule has 0 aliphatic heterocycles. The van der Waals surface area contributed by atoms with Crippen LogP contribution >= 0.6 is 0 Å². The van der Waals surface area contributed by atoms with Crippen LogP contribution in [0.2, 0.25) is 0 Å². The number of carbonyl (C=O) groups excluding carboxylic acids is 1. The van der Waals surface area contributed by atoms with Gasteiger partial charge in [-0.2, -0.15) is 0 Å². The summed E-state index contributed by atoms with van der Waals surface area (Å²) in [5, 5.41) is 0. The van der Waals surface area contributed by atoms with Gasteiger partial charge in [0.15, 0.2) is 5.78 Å². The zero-order valence-electron chi connectivity index (χ0n) is 22.0. The second kappa shape index (κ2) is 6.61. The molecule has 0 aromatic rings. The number of rotatable bonds is 1. The van der Waals surface area contributed by atoms with Crippen LogP contribution in [0.5, 0.6) is 0 Å². The van der Waals surface area contributed by atoms with E-state index in [9.17, 15) is 4.79 Å². The smallest absolute Gasteiger partial charge is 0.161 e. The Morgan fingerprint density at radius 1 is 0.938 bits per heavy atom. The monoisotopic (exact) mass is 437 g/mol. The lowest BCUT2D eigenvalue weighted by atomic mass is 9.33. The van der Waals surface area contributed by atoms with Gasteiger partial charge >= 0.3 is 0 Å². The van der Waals surface area contributed by atoms with Gasteiger partial charge in [-0.25, -0.2) is 0 Å². The Kier molecular flexibility index (Phi) is 4.73. The van der Waals surface area contributed by atoms with E-state index in [1.807, 2.05) is 0 Å². The summed E-state index contributed by atoms with van der Waals surface area (Å²) in [4.78, 5) is 13.1. The van der Waals surface area contributed by atoms with Gasteiger partial charge in [-0.05, 0) is 108 Å². The fourth-order valence-corrected chi connectivity index (χ4v) is 10.4. The highest BCUT2D eigenvalue weighted by Gasteiger charge is 2.68. The molecule has 5 aliphatic carbocycles. The van der Waals surface area contributed by atoms with Crippen LogP contribution in [-0.4, -0.2) is 11.3 Å². The van der Waals surface area contributed by atoms with Crippen LogP contribution in [0.3, 0.4) is 0 Å². The number of carbonyl (C=O) groups is 1. The normalized spacial score (nSPS) is 49.9. The fourth-order valence-electron chi connectivity index (χ4n) is 10.4. The zero-order chi connectivity index (χ0) is 23.5. The van der Waals surface area contributed by atoms with Crippen molar-refractivity contribution in [3.05, 3.63) is 22.8 Å². The Bertz CT molecular complexity index is 923. The molecule has 3 saturated carbocycles. The standard InChI is InChI=1S/C30H47NO/c1-18(2)24-21(32)17-30(31)16-15-28(7)20(25(24)30)9-10-23-27(6)13-11-19(3)26(4,5)22(27)12-14-29(23,28)8/h11,18,20,22-23H,9-10,12-17,31H2,1-8H3/t20?,22-,23+,27?,28+,29?,30?/m0/s1. The molecular formula is C30H47NO. The molecule has 4 unspecified atom stereocenters. The highest BCUT2D eigenvalue weighted by molar-refractivity contribution is 6.01. The third-order valence-electron chi connectivity index (χ3n) is 12.5. The first-order chi connectivity index (χ1) is 14.7. The third kappa shape index (κ3) is 2.54. The highest BCUT2D eigenvalue weighted by atomic mass is 16.1. The quantitative estimate of drug-likeness (QED) is 0.439. The van der Waals surface area contributed by atoms with Crippen molar-refractivity contribution in [2.75, 3.05) is 0 Å². The van der Waals surface area contributed by atoms with Crippen molar-refractivity contribution < 1.29 is 4.79 Å². The summed E-state index contributed by atoms with van der Waals surface area (Å²) in [6.07, 6.45) is 11.7. The molecule has 3 fully saturated rings. The van der Waals surface area contributed by atoms with E-state index in [4.69, 9.17) is 5.73 Å². The largest absolute Gasteiger partial charge is 0.321 e. The van der Waals surface area contributed by atoms with E-state index in [0.717, 1.165) is 23.8 Å². The maximum atomic E-state index is 13.1. The summed E-state index contributed by atoms with van der Waals surface area (Å²) in [5.74, 6) is 2.65. The number of nitrogens with two attached hydrogens (primary N) is 1. The van der Waals surface area contributed by atoms with Gasteiger partial charge in [0.2, 0.25) is 0 Å². The lowest BCUT2D eigenvalue weighted by Crippen LogP contribution is -2.65. The molecule has 178 valence electrons. The van der Waals surface area contributed by atoms with Gasteiger partial charge in [0.25, 0.3) is 0 Å². The van der Waals surface area contributed by atoms with Crippen molar-refractivity contribution in [2.24, 2.45) is 51.1 Å². The molecule has 0 aromatic heterocycles. The molecule has 7 atom stereocenters. The maximum absolute atomic E-state index is 13.1. The van der Waals surface area contributed by atoms with E-state index < -0.39 is 0 Å². The summed E-state index contributed by atoms with van der Waals surface area (Å²) in [5.41, 5.74) is 12.0. The van der Waals surface area contributed by atoms with Gasteiger partial charge in [0.05, 0.1) is 0 Å². The lowest BCUT2D eigenvalue weighted by molar-refractivity contribution is -0.195. The van der Waals surface area contributed by atoms with Crippen molar-refractivity contribution >= 4 is 5.78 Å². The van der Waals surface area contributed by atoms with Crippen LogP contribution in [0.15, 0.2) is 22.8 Å². The molecule has 0 aromatic carbocycles. The topological polar surface area (TPSA) is 43.1 Å². The average molecular weight is 438 g/mol. The summed E-state index contributed by atoms with van der Waals surface area (Å²) in [6.45, 7) is 19.7. The van der Waals surface area contributed by atoms with Crippen LogP contribution in [0, 0.1) is 45.3 Å². The van der Waals surface area contributed by atoms with E-state index in [2.05, 4.69) is 61.5 Å². The van der Waals surface area contributed by atoms with Gasteiger partial charge in [-0.15, -0.1) is 0 Å². The molecule has 0 radical (unpaired) electrons. The summed E-state index contributed by atoms with van der Waals surface area (Å²) in [6, 6.07) is 0. The first kappa shape index (κ1) is 22.9. The molecule has 0 spiro atoms. The Hall–Kier alpha value is -0.890. The molecule has 0 bridgehead atoms. The SMILES string of the molecule is CC1=CCC2(C)[C@H]3CCC4C5=C(C(C)C)C(=O)CC5(N)CC[C@@]4(C)C3(C)CC[C@H]2C1(C)C. The minimum atomic E-state index is -0.363. The Morgan fingerprint density at radius 2 is 1.62 bits per heavy atom. The Balaban J connectivity index is 1.61. The van der Waals surface area contributed by atoms with Crippen LogP contribution < -0.4 is 5.73 Å². The molecule has 0 amide bonds. The van der Waals surface area contributed by atoms with Crippen molar-refractivity contribution in [1.29, 1.82) is 0 Å². The van der Waals surface area contributed by atoms with Gasteiger partial charge in [-0.1, -0.05) is 60.1 Å². The number of Topliss-reactive ketones (excluding diaryl/α,β-unsaturated/α-hetero) is 1. The molecule has 5 rings (SSSR count).